The number of hydrogen-bond acceptors (Lipinski definition) is 11. The fraction of sp³-hybridized carbons (Fsp3) is 0.406. The highest BCUT2D eigenvalue weighted by Gasteiger charge is 2.27. The van der Waals surface area contributed by atoms with Crippen molar-refractivity contribution in [3.8, 4) is 17.0 Å². The summed E-state index contributed by atoms with van der Waals surface area (Å²) >= 11 is 0. The van der Waals surface area contributed by atoms with Crippen molar-refractivity contribution in [1.29, 1.82) is 0 Å². The Bertz CT molecular complexity index is 1640. The average molecular weight is 600 g/mol. The number of fused-ring (bicyclic) bond motifs is 1. The Kier molecular flexibility index (Phi) is 8.82. The number of aromatic nitrogens is 3. The lowest BCUT2D eigenvalue weighted by atomic mass is 10.1. The van der Waals surface area contributed by atoms with Gasteiger partial charge in [0.1, 0.15) is 11.6 Å². The van der Waals surface area contributed by atoms with E-state index in [1.807, 2.05) is 24.3 Å². The minimum Gasteiger partial charge on any atom is -0.496 e. The maximum Gasteiger partial charge on any atom is 0.269 e. The quantitative estimate of drug-likeness (QED) is 0.218. The number of hydrogen-bond donors (Lipinski definition) is 1. The Hall–Kier alpha value is -4.39. The van der Waals surface area contributed by atoms with Crippen molar-refractivity contribution in [1.82, 2.24) is 20.3 Å². The van der Waals surface area contributed by atoms with Crippen LogP contribution in [0, 0.1) is 10.1 Å². The molecule has 1 N–H and O–H groups in total. The SMILES string of the molecule is COc1ccc(-c2ccc3c(N4CCOCC4)nc(N4CC(C)OC(C)C4)nc3n2)cc1CNCc1cccc([N+](=O)[O-])c1. The lowest BCUT2D eigenvalue weighted by molar-refractivity contribution is -0.384. The molecule has 0 saturated carbocycles. The van der Waals surface area contributed by atoms with Gasteiger partial charge in [0, 0.05) is 62.5 Å². The first-order valence-corrected chi connectivity index (χ1v) is 14.9. The van der Waals surface area contributed by atoms with Gasteiger partial charge in [-0.1, -0.05) is 12.1 Å². The van der Waals surface area contributed by atoms with Gasteiger partial charge in [-0.15, -0.1) is 0 Å². The molecule has 2 aliphatic heterocycles. The third kappa shape index (κ3) is 6.57. The summed E-state index contributed by atoms with van der Waals surface area (Å²) in [5, 5.41) is 15.4. The monoisotopic (exact) mass is 599 g/mol. The fourth-order valence-electron chi connectivity index (χ4n) is 5.84. The number of benzene rings is 2. The van der Waals surface area contributed by atoms with Crippen LogP contribution in [0.4, 0.5) is 17.5 Å². The van der Waals surface area contributed by atoms with Crippen LogP contribution in [0.25, 0.3) is 22.3 Å². The van der Waals surface area contributed by atoms with Crippen molar-refractivity contribution < 1.29 is 19.1 Å². The van der Waals surface area contributed by atoms with Crippen LogP contribution in [-0.2, 0) is 22.6 Å². The summed E-state index contributed by atoms with van der Waals surface area (Å²) in [5.41, 5.74) is 4.23. The average Bonchev–Trinajstić information content (AvgIpc) is 3.04. The molecule has 230 valence electrons. The molecule has 44 heavy (non-hydrogen) atoms. The van der Waals surface area contributed by atoms with Crippen LogP contribution in [0.5, 0.6) is 5.75 Å². The molecule has 12 heteroatoms. The topological polar surface area (TPSA) is 128 Å². The number of nitrogens with one attached hydrogen (secondary N) is 1. The molecule has 6 rings (SSSR count). The zero-order valence-electron chi connectivity index (χ0n) is 25.2. The second-order valence-corrected chi connectivity index (χ2v) is 11.2. The molecule has 2 aromatic heterocycles. The van der Waals surface area contributed by atoms with E-state index in [9.17, 15) is 10.1 Å². The number of methoxy groups -OCH3 is 1. The van der Waals surface area contributed by atoms with Crippen LogP contribution < -0.4 is 19.9 Å². The normalized spacial score (nSPS) is 18.9. The number of morpholine rings is 2. The Morgan fingerprint density at radius 2 is 1.77 bits per heavy atom. The van der Waals surface area contributed by atoms with E-state index < -0.39 is 0 Å². The van der Waals surface area contributed by atoms with Gasteiger partial charge in [0.2, 0.25) is 5.95 Å². The lowest BCUT2D eigenvalue weighted by Crippen LogP contribution is -2.46. The first-order chi connectivity index (χ1) is 21.4. The molecular weight excluding hydrogens is 562 g/mol. The summed E-state index contributed by atoms with van der Waals surface area (Å²) in [5.74, 6) is 2.28. The molecule has 0 amide bonds. The van der Waals surface area contributed by atoms with Crippen molar-refractivity contribution in [2.24, 2.45) is 0 Å². The van der Waals surface area contributed by atoms with E-state index in [1.54, 1.807) is 19.2 Å². The summed E-state index contributed by atoms with van der Waals surface area (Å²) < 4.78 is 17.2. The summed E-state index contributed by atoms with van der Waals surface area (Å²) in [4.78, 5) is 30.3. The number of nitro groups is 1. The van der Waals surface area contributed by atoms with Crippen LogP contribution in [0.1, 0.15) is 25.0 Å². The molecular formula is C32H37N7O5. The molecule has 2 unspecified atom stereocenters. The number of nitro benzene ring substituents is 1. The standard InChI is InChI=1S/C32H37N7O5/c1-21-19-38(20-22(2)44-21)32-35-30-27(31(36-32)37-11-13-43-14-12-37)8-9-28(34-30)24-7-10-29(42-3)25(16-24)18-33-17-23-5-4-6-26(15-23)39(40)41/h4-10,15-16,21-22,33H,11-14,17-20H2,1-3H3. The maximum absolute atomic E-state index is 11.2. The van der Waals surface area contributed by atoms with Crippen molar-refractivity contribution in [2.45, 2.75) is 39.1 Å². The van der Waals surface area contributed by atoms with E-state index in [-0.39, 0.29) is 22.8 Å². The van der Waals surface area contributed by atoms with Gasteiger partial charge in [0.15, 0.2) is 5.65 Å². The molecule has 0 aliphatic carbocycles. The molecule has 2 atom stereocenters. The van der Waals surface area contributed by atoms with Gasteiger partial charge in [0.05, 0.1) is 48.5 Å². The zero-order chi connectivity index (χ0) is 30.6. The largest absolute Gasteiger partial charge is 0.496 e. The smallest absolute Gasteiger partial charge is 0.269 e. The van der Waals surface area contributed by atoms with Gasteiger partial charge < -0.3 is 29.3 Å². The Labute approximate surface area is 256 Å². The number of nitrogens with zero attached hydrogens (tertiary/aromatic N) is 6. The lowest BCUT2D eigenvalue weighted by Gasteiger charge is -2.36. The maximum atomic E-state index is 11.2. The molecule has 2 saturated heterocycles. The molecule has 4 heterocycles. The van der Waals surface area contributed by atoms with Crippen LogP contribution in [0.3, 0.4) is 0 Å². The third-order valence-corrected chi connectivity index (χ3v) is 7.88. The first-order valence-electron chi connectivity index (χ1n) is 14.9. The van der Waals surface area contributed by atoms with Gasteiger partial charge in [-0.05, 0) is 49.7 Å². The minimum atomic E-state index is -0.383. The predicted octanol–water partition coefficient (Wildman–Crippen LogP) is 4.35. The second kappa shape index (κ2) is 13.1. The van der Waals surface area contributed by atoms with Crippen LogP contribution in [-0.4, -0.2) is 78.6 Å². The van der Waals surface area contributed by atoms with E-state index in [1.165, 1.54) is 6.07 Å². The number of non-ortho nitro benzene ring substituents is 1. The minimum absolute atomic E-state index is 0.0764. The first kappa shape index (κ1) is 29.7. The van der Waals surface area contributed by atoms with E-state index in [0.717, 1.165) is 52.4 Å². The number of pyridine rings is 1. The number of anilines is 2. The zero-order valence-corrected chi connectivity index (χ0v) is 25.2. The van der Waals surface area contributed by atoms with Crippen molar-refractivity contribution >= 4 is 28.5 Å². The van der Waals surface area contributed by atoms with Gasteiger partial charge in [-0.2, -0.15) is 9.97 Å². The highest BCUT2D eigenvalue weighted by molar-refractivity contribution is 5.90. The summed E-state index contributed by atoms with van der Waals surface area (Å²) in [6.07, 6.45) is 0.153. The van der Waals surface area contributed by atoms with E-state index in [2.05, 4.69) is 41.1 Å². The van der Waals surface area contributed by atoms with Crippen LogP contribution in [0.15, 0.2) is 54.6 Å². The van der Waals surface area contributed by atoms with E-state index in [4.69, 9.17) is 29.2 Å². The molecule has 0 spiro atoms. The van der Waals surface area contributed by atoms with E-state index in [0.29, 0.717) is 51.0 Å². The molecule has 12 nitrogen and oxygen atoms in total. The third-order valence-electron chi connectivity index (χ3n) is 7.88. The Morgan fingerprint density at radius 1 is 0.977 bits per heavy atom. The number of ether oxygens (including phenoxy) is 3. The number of rotatable bonds is 9. The van der Waals surface area contributed by atoms with Gasteiger partial charge in [0.25, 0.3) is 5.69 Å². The molecule has 2 aliphatic rings. The molecule has 0 radical (unpaired) electrons. The van der Waals surface area contributed by atoms with Crippen molar-refractivity contribution in [3.63, 3.8) is 0 Å². The fourth-order valence-corrected chi connectivity index (χ4v) is 5.84. The highest BCUT2D eigenvalue weighted by Crippen LogP contribution is 2.31. The molecule has 0 bridgehead atoms. The predicted molar refractivity (Wildman–Crippen MR) is 168 cm³/mol. The van der Waals surface area contributed by atoms with Crippen LogP contribution >= 0.6 is 0 Å². The Morgan fingerprint density at radius 3 is 2.52 bits per heavy atom. The summed E-state index contributed by atoms with van der Waals surface area (Å²) in [6.45, 7) is 9.38. The molecule has 4 aromatic rings. The summed E-state index contributed by atoms with van der Waals surface area (Å²) in [7, 11) is 1.65. The van der Waals surface area contributed by atoms with Gasteiger partial charge in [-0.3, -0.25) is 10.1 Å². The highest BCUT2D eigenvalue weighted by atomic mass is 16.6. The second-order valence-electron chi connectivity index (χ2n) is 11.2. The molecule has 2 fully saturated rings. The summed E-state index contributed by atoms with van der Waals surface area (Å²) in [6, 6.07) is 16.7. The van der Waals surface area contributed by atoms with Crippen LogP contribution in [0.2, 0.25) is 0 Å². The molecule has 2 aromatic carbocycles. The van der Waals surface area contributed by atoms with Crippen molar-refractivity contribution in [2.75, 3.05) is 56.3 Å². The van der Waals surface area contributed by atoms with E-state index >= 15 is 0 Å². The van der Waals surface area contributed by atoms with Gasteiger partial charge in [-0.25, -0.2) is 4.98 Å². The van der Waals surface area contributed by atoms with Gasteiger partial charge >= 0.3 is 0 Å². The Balaban J connectivity index is 1.31. The van der Waals surface area contributed by atoms with Crippen molar-refractivity contribution in [3.05, 3.63) is 75.8 Å².